The molecule has 1 saturated heterocycles. The van der Waals surface area contributed by atoms with Gasteiger partial charge in [0.15, 0.2) is 5.82 Å². The number of benzene rings is 3. The smallest absolute Gasteiger partial charge is 0.293 e. The van der Waals surface area contributed by atoms with Crippen LogP contribution in [0.1, 0.15) is 52.6 Å². The van der Waals surface area contributed by atoms with E-state index >= 15 is 0 Å². The number of anilines is 3. The van der Waals surface area contributed by atoms with Crippen LogP contribution in [-0.2, 0) is 12.5 Å². The van der Waals surface area contributed by atoms with Gasteiger partial charge in [-0.2, -0.15) is 5.06 Å². The van der Waals surface area contributed by atoms with Crippen LogP contribution in [0.4, 0.5) is 17.2 Å². The zero-order valence-corrected chi connectivity index (χ0v) is 27.0. The number of carbonyl (C=O) groups excluding carboxylic acids is 2. The summed E-state index contributed by atoms with van der Waals surface area (Å²) in [4.78, 5) is 45.7. The SMILES string of the molecule is COc1cc(Nc2nc(-c3cccc(NC(=O)c4ccc(C(C)(C)C)cc4)c3C)cn(C)c2=O)ccc1C(=O)N1CCN(O)CC1. The fourth-order valence-electron chi connectivity index (χ4n) is 5.33. The molecular weight excluding hydrogens is 584 g/mol. The Bertz CT molecular complexity index is 1820. The summed E-state index contributed by atoms with van der Waals surface area (Å²) in [5.74, 6) is 0.0228. The van der Waals surface area contributed by atoms with Gasteiger partial charge in [0.1, 0.15) is 5.75 Å². The number of methoxy groups -OCH3 is 1. The average molecular weight is 625 g/mol. The van der Waals surface area contributed by atoms with E-state index in [9.17, 15) is 19.6 Å². The van der Waals surface area contributed by atoms with Crippen LogP contribution < -0.4 is 20.9 Å². The fraction of sp³-hybridized carbons (Fsp3) is 0.314. The standard InChI is InChI=1S/C35H40N6O5/c1-22-26(8-7-9-28(22)38-32(42)23-10-12-24(13-11-23)35(2,3)4)29-21-39(5)34(44)31(37-29)36-25-14-15-27(30(20-25)46-6)33(43)40-16-18-41(45)19-17-40/h7-15,20-21,45H,16-19H2,1-6H3,(H,36,37)(H,38,42). The Morgan fingerprint density at radius 1 is 0.978 bits per heavy atom. The van der Waals surface area contributed by atoms with Crippen LogP contribution >= 0.6 is 0 Å². The predicted molar refractivity (Wildman–Crippen MR) is 178 cm³/mol. The molecule has 11 heteroatoms. The Kier molecular flexibility index (Phi) is 9.27. The molecule has 0 radical (unpaired) electrons. The predicted octanol–water partition coefficient (Wildman–Crippen LogP) is 5.20. The number of aromatic nitrogens is 2. The van der Waals surface area contributed by atoms with Crippen LogP contribution in [0.25, 0.3) is 11.3 Å². The van der Waals surface area contributed by atoms with E-state index in [2.05, 4.69) is 36.4 Å². The zero-order chi connectivity index (χ0) is 33.2. The second-order valence-corrected chi connectivity index (χ2v) is 12.4. The Hall–Kier alpha value is -5.00. The van der Waals surface area contributed by atoms with Crippen molar-refractivity contribution in [3.05, 3.63) is 99.5 Å². The maximum Gasteiger partial charge on any atom is 0.293 e. The van der Waals surface area contributed by atoms with E-state index in [1.165, 1.54) is 16.7 Å². The molecule has 0 bridgehead atoms. The van der Waals surface area contributed by atoms with Crippen molar-refractivity contribution in [2.24, 2.45) is 7.05 Å². The average Bonchev–Trinajstić information content (AvgIpc) is 3.03. The molecule has 240 valence electrons. The molecule has 0 saturated carbocycles. The molecule has 3 aromatic carbocycles. The lowest BCUT2D eigenvalue weighted by atomic mass is 9.86. The molecule has 1 aliphatic rings. The highest BCUT2D eigenvalue weighted by Crippen LogP contribution is 2.30. The van der Waals surface area contributed by atoms with Gasteiger partial charge < -0.3 is 30.0 Å². The zero-order valence-electron chi connectivity index (χ0n) is 27.0. The molecule has 1 aliphatic heterocycles. The van der Waals surface area contributed by atoms with Crippen LogP contribution in [0, 0.1) is 6.92 Å². The summed E-state index contributed by atoms with van der Waals surface area (Å²) in [6.07, 6.45) is 1.65. The normalized spacial score (nSPS) is 13.8. The molecule has 0 unspecified atom stereocenters. The first-order chi connectivity index (χ1) is 21.8. The first-order valence-corrected chi connectivity index (χ1v) is 15.1. The van der Waals surface area contributed by atoms with Gasteiger partial charge in [0, 0.05) is 68.0 Å². The number of hydroxylamine groups is 2. The highest BCUT2D eigenvalue weighted by molar-refractivity contribution is 6.05. The highest BCUT2D eigenvalue weighted by Gasteiger charge is 2.24. The highest BCUT2D eigenvalue weighted by atomic mass is 16.5. The quantitative estimate of drug-likeness (QED) is 0.256. The van der Waals surface area contributed by atoms with Crippen LogP contribution in [0.2, 0.25) is 0 Å². The molecule has 1 aromatic heterocycles. The van der Waals surface area contributed by atoms with Gasteiger partial charge in [-0.1, -0.05) is 45.0 Å². The van der Waals surface area contributed by atoms with Crippen LogP contribution in [-0.4, -0.2) is 69.8 Å². The van der Waals surface area contributed by atoms with Crippen molar-refractivity contribution < 1.29 is 19.5 Å². The Morgan fingerprint density at radius 3 is 2.33 bits per heavy atom. The van der Waals surface area contributed by atoms with Crippen LogP contribution in [0.3, 0.4) is 0 Å². The summed E-state index contributed by atoms with van der Waals surface area (Å²) < 4.78 is 6.98. The topological polar surface area (TPSA) is 129 Å². The maximum atomic E-state index is 13.1. The maximum absolute atomic E-state index is 13.1. The molecule has 0 spiro atoms. The number of nitrogens with one attached hydrogen (secondary N) is 2. The van der Waals surface area contributed by atoms with Gasteiger partial charge in [0.25, 0.3) is 17.4 Å². The molecular formula is C35H40N6O5. The lowest BCUT2D eigenvalue weighted by Gasteiger charge is -2.31. The van der Waals surface area contributed by atoms with E-state index in [0.717, 1.165) is 16.7 Å². The van der Waals surface area contributed by atoms with Crippen molar-refractivity contribution in [2.45, 2.75) is 33.1 Å². The van der Waals surface area contributed by atoms with Gasteiger partial charge in [-0.3, -0.25) is 14.4 Å². The molecule has 0 aliphatic carbocycles. The molecule has 11 nitrogen and oxygen atoms in total. The lowest BCUT2D eigenvalue weighted by molar-refractivity contribution is -0.112. The van der Waals surface area contributed by atoms with E-state index < -0.39 is 0 Å². The number of hydrogen-bond donors (Lipinski definition) is 3. The first kappa shape index (κ1) is 32.4. The van der Waals surface area contributed by atoms with E-state index in [0.29, 0.717) is 60.1 Å². The van der Waals surface area contributed by atoms with Crippen molar-refractivity contribution in [3.8, 4) is 17.0 Å². The minimum Gasteiger partial charge on any atom is -0.496 e. The van der Waals surface area contributed by atoms with E-state index in [1.807, 2.05) is 49.4 Å². The molecule has 0 atom stereocenters. The first-order valence-electron chi connectivity index (χ1n) is 15.1. The van der Waals surface area contributed by atoms with E-state index in [4.69, 9.17) is 4.74 Å². The van der Waals surface area contributed by atoms with Crippen molar-refractivity contribution in [1.82, 2.24) is 19.5 Å². The Labute approximate surface area is 268 Å². The van der Waals surface area contributed by atoms with Gasteiger partial charge in [0.05, 0.1) is 18.4 Å². The van der Waals surface area contributed by atoms with Crippen LogP contribution in [0.15, 0.2) is 71.7 Å². The van der Waals surface area contributed by atoms with Crippen LogP contribution in [0.5, 0.6) is 5.75 Å². The summed E-state index contributed by atoms with van der Waals surface area (Å²) in [5, 5.41) is 16.9. The summed E-state index contributed by atoms with van der Waals surface area (Å²) in [6.45, 7) is 9.84. The molecule has 3 N–H and O–H groups in total. The van der Waals surface area contributed by atoms with Gasteiger partial charge in [-0.05, 0) is 53.8 Å². The second-order valence-electron chi connectivity index (χ2n) is 12.4. The number of aryl methyl sites for hydroxylation is 1. The van der Waals surface area contributed by atoms with Crippen molar-refractivity contribution in [3.63, 3.8) is 0 Å². The van der Waals surface area contributed by atoms with E-state index in [1.54, 1.807) is 36.3 Å². The summed E-state index contributed by atoms with van der Waals surface area (Å²) in [7, 11) is 3.13. The van der Waals surface area contributed by atoms with Gasteiger partial charge in [-0.15, -0.1) is 0 Å². The number of hydrogen-bond acceptors (Lipinski definition) is 8. The lowest BCUT2D eigenvalue weighted by Crippen LogP contribution is -2.47. The number of rotatable bonds is 7. The molecule has 4 aromatic rings. The summed E-state index contributed by atoms with van der Waals surface area (Å²) in [5.41, 5.74) is 4.97. The number of piperazine rings is 1. The minimum atomic E-state index is -0.342. The number of nitrogens with zero attached hydrogens (tertiary/aromatic N) is 4. The Balaban J connectivity index is 1.38. The summed E-state index contributed by atoms with van der Waals surface area (Å²) >= 11 is 0. The molecule has 2 heterocycles. The second kappa shape index (κ2) is 13.2. The number of amides is 2. The number of carbonyl (C=O) groups is 2. The molecule has 2 amide bonds. The Morgan fingerprint density at radius 2 is 1.67 bits per heavy atom. The van der Waals surface area contributed by atoms with E-state index in [-0.39, 0.29) is 28.6 Å². The molecule has 46 heavy (non-hydrogen) atoms. The summed E-state index contributed by atoms with van der Waals surface area (Å²) in [6, 6.07) is 18.2. The van der Waals surface area contributed by atoms with Crippen molar-refractivity contribution in [2.75, 3.05) is 43.9 Å². The third-order valence-electron chi connectivity index (χ3n) is 8.18. The van der Waals surface area contributed by atoms with Gasteiger partial charge in [-0.25, -0.2) is 4.98 Å². The molecule has 1 fully saturated rings. The van der Waals surface area contributed by atoms with Crippen molar-refractivity contribution in [1.29, 1.82) is 0 Å². The largest absolute Gasteiger partial charge is 0.496 e. The minimum absolute atomic E-state index is 0.0113. The molecule has 5 rings (SSSR count). The van der Waals surface area contributed by atoms with Crippen molar-refractivity contribution >= 4 is 29.0 Å². The number of ether oxygens (including phenoxy) is 1. The fourth-order valence-corrected chi connectivity index (χ4v) is 5.33. The van der Waals surface area contributed by atoms with Gasteiger partial charge >= 0.3 is 0 Å². The van der Waals surface area contributed by atoms with Gasteiger partial charge in [0.2, 0.25) is 0 Å². The third kappa shape index (κ3) is 6.95. The monoisotopic (exact) mass is 624 g/mol. The third-order valence-corrected chi connectivity index (χ3v) is 8.18.